The Bertz CT molecular complexity index is 805. The zero-order valence-corrected chi connectivity index (χ0v) is 14.4. The van der Waals surface area contributed by atoms with Gasteiger partial charge in [-0.15, -0.1) is 0 Å². The van der Waals surface area contributed by atoms with Crippen LogP contribution in [0.2, 0.25) is 0 Å². The first-order valence-electron chi connectivity index (χ1n) is 8.23. The van der Waals surface area contributed by atoms with Crippen LogP contribution in [0.5, 0.6) is 0 Å². The SMILES string of the molecule is C/C(=N\C(c1ccccc1C)c1ccccc1C)c1ccccn1. The van der Waals surface area contributed by atoms with Crippen molar-refractivity contribution in [1.82, 2.24) is 4.98 Å². The van der Waals surface area contributed by atoms with Gasteiger partial charge in [0.05, 0.1) is 11.4 Å². The summed E-state index contributed by atoms with van der Waals surface area (Å²) in [7, 11) is 0. The van der Waals surface area contributed by atoms with Crippen LogP contribution in [0.15, 0.2) is 77.9 Å². The Kier molecular flexibility index (Phi) is 4.85. The second-order valence-corrected chi connectivity index (χ2v) is 6.05. The van der Waals surface area contributed by atoms with Crippen LogP contribution in [0.1, 0.15) is 40.9 Å². The monoisotopic (exact) mass is 314 g/mol. The highest BCUT2D eigenvalue weighted by Gasteiger charge is 2.17. The average Bonchev–Trinajstić information content (AvgIpc) is 2.62. The van der Waals surface area contributed by atoms with Crippen molar-refractivity contribution in [3.05, 3.63) is 101 Å². The molecule has 0 radical (unpaired) electrons. The molecule has 0 aliphatic heterocycles. The molecule has 1 heterocycles. The van der Waals surface area contributed by atoms with Crippen LogP contribution in [-0.4, -0.2) is 10.7 Å². The normalized spacial score (nSPS) is 11.8. The van der Waals surface area contributed by atoms with E-state index < -0.39 is 0 Å². The number of rotatable bonds is 4. The van der Waals surface area contributed by atoms with Gasteiger partial charge in [-0.25, -0.2) is 0 Å². The molecule has 0 atom stereocenters. The third kappa shape index (κ3) is 3.43. The summed E-state index contributed by atoms with van der Waals surface area (Å²) in [5, 5.41) is 0. The van der Waals surface area contributed by atoms with Crippen LogP contribution in [0.25, 0.3) is 0 Å². The van der Waals surface area contributed by atoms with Crippen molar-refractivity contribution in [2.75, 3.05) is 0 Å². The summed E-state index contributed by atoms with van der Waals surface area (Å²) < 4.78 is 0. The second-order valence-electron chi connectivity index (χ2n) is 6.05. The lowest BCUT2D eigenvalue weighted by atomic mass is 9.92. The number of pyridine rings is 1. The van der Waals surface area contributed by atoms with E-state index in [0.29, 0.717) is 0 Å². The van der Waals surface area contributed by atoms with E-state index in [0.717, 1.165) is 11.4 Å². The highest BCUT2D eigenvalue weighted by Crippen LogP contribution is 2.31. The van der Waals surface area contributed by atoms with Gasteiger partial charge in [-0.05, 0) is 55.2 Å². The molecule has 0 spiro atoms. The molecule has 0 N–H and O–H groups in total. The molecule has 0 amide bonds. The molecular formula is C22H22N2. The summed E-state index contributed by atoms with van der Waals surface area (Å²) in [4.78, 5) is 9.50. The first kappa shape index (κ1) is 16.1. The third-order valence-electron chi connectivity index (χ3n) is 4.32. The zero-order chi connectivity index (χ0) is 16.9. The first-order chi connectivity index (χ1) is 11.7. The Morgan fingerprint density at radius 2 is 1.33 bits per heavy atom. The molecule has 0 saturated heterocycles. The van der Waals surface area contributed by atoms with E-state index in [9.17, 15) is 0 Å². The molecule has 0 bridgehead atoms. The van der Waals surface area contributed by atoms with E-state index in [1.165, 1.54) is 22.3 Å². The minimum atomic E-state index is -0.0191. The zero-order valence-electron chi connectivity index (χ0n) is 14.4. The van der Waals surface area contributed by atoms with Gasteiger partial charge in [-0.1, -0.05) is 54.6 Å². The fourth-order valence-corrected chi connectivity index (χ4v) is 2.93. The Labute approximate surface area is 143 Å². The van der Waals surface area contributed by atoms with Gasteiger partial charge in [0.2, 0.25) is 0 Å². The highest BCUT2D eigenvalue weighted by atomic mass is 14.8. The number of nitrogens with zero attached hydrogens (tertiary/aromatic N) is 2. The van der Waals surface area contributed by atoms with Gasteiger partial charge in [0.15, 0.2) is 0 Å². The minimum Gasteiger partial charge on any atom is -0.275 e. The molecule has 3 rings (SSSR count). The number of hydrogen-bond acceptors (Lipinski definition) is 2. The van der Waals surface area contributed by atoms with Gasteiger partial charge in [0, 0.05) is 6.20 Å². The Morgan fingerprint density at radius 3 is 1.83 bits per heavy atom. The van der Waals surface area contributed by atoms with E-state index in [4.69, 9.17) is 4.99 Å². The number of aliphatic imine (C=N–C) groups is 1. The van der Waals surface area contributed by atoms with Gasteiger partial charge in [0.1, 0.15) is 6.04 Å². The largest absolute Gasteiger partial charge is 0.275 e. The molecule has 2 aromatic carbocycles. The molecule has 0 fully saturated rings. The van der Waals surface area contributed by atoms with Crippen LogP contribution in [0.3, 0.4) is 0 Å². The van der Waals surface area contributed by atoms with Gasteiger partial charge < -0.3 is 0 Å². The highest BCUT2D eigenvalue weighted by molar-refractivity contribution is 5.97. The predicted molar refractivity (Wildman–Crippen MR) is 101 cm³/mol. The van der Waals surface area contributed by atoms with Crippen molar-refractivity contribution >= 4 is 5.71 Å². The summed E-state index contributed by atoms with van der Waals surface area (Å²) in [5.41, 5.74) is 6.85. The van der Waals surface area contributed by atoms with E-state index >= 15 is 0 Å². The van der Waals surface area contributed by atoms with E-state index in [1.807, 2.05) is 31.3 Å². The van der Waals surface area contributed by atoms with Gasteiger partial charge in [-0.3, -0.25) is 9.98 Å². The molecule has 2 heteroatoms. The van der Waals surface area contributed by atoms with Crippen molar-refractivity contribution in [3.63, 3.8) is 0 Å². The smallest absolute Gasteiger partial charge is 0.101 e. The maximum absolute atomic E-state index is 5.06. The molecule has 24 heavy (non-hydrogen) atoms. The van der Waals surface area contributed by atoms with E-state index in [-0.39, 0.29) is 6.04 Å². The molecule has 0 aliphatic carbocycles. The van der Waals surface area contributed by atoms with Crippen molar-refractivity contribution in [3.8, 4) is 0 Å². The molecule has 3 aromatic rings. The lowest BCUT2D eigenvalue weighted by Crippen LogP contribution is -2.07. The second kappa shape index (κ2) is 7.22. The average molecular weight is 314 g/mol. The molecule has 2 nitrogen and oxygen atoms in total. The Hall–Kier alpha value is -2.74. The van der Waals surface area contributed by atoms with Crippen LogP contribution >= 0.6 is 0 Å². The maximum atomic E-state index is 5.06. The summed E-state index contributed by atoms with van der Waals surface area (Å²) in [6.07, 6.45) is 1.81. The summed E-state index contributed by atoms with van der Waals surface area (Å²) in [5.74, 6) is 0. The van der Waals surface area contributed by atoms with Gasteiger partial charge in [0.25, 0.3) is 0 Å². The van der Waals surface area contributed by atoms with Gasteiger partial charge in [-0.2, -0.15) is 0 Å². The molecule has 0 unspecified atom stereocenters. The summed E-state index contributed by atoms with van der Waals surface area (Å²) in [6, 6.07) is 22.8. The van der Waals surface area contributed by atoms with Gasteiger partial charge >= 0.3 is 0 Å². The Balaban J connectivity index is 2.13. The van der Waals surface area contributed by atoms with Crippen molar-refractivity contribution in [2.24, 2.45) is 4.99 Å². The molecule has 0 aliphatic rings. The predicted octanol–water partition coefficient (Wildman–Crippen LogP) is 5.30. The topological polar surface area (TPSA) is 25.2 Å². The van der Waals surface area contributed by atoms with Crippen LogP contribution in [0.4, 0.5) is 0 Å². The quantitative estimate of drug-likeness (QED) is 0.600. The standard InChI is InChI=1S/C22H22N2/c1-16-10-4-6-12-19(16)22(20-13-7-5-11-17(20)2)24-18(3)21-14-8-9-15-23-21/h4-15,22H,1-3H3/b24-18+. The van der Waals surface area contributed by atoms with Crippen LogP contribution in [-0.2, 0) is 0 Å². The fourth-order valence-electron chi connectivity index (χ4n) is 2.93. The molecule has 1 aromatic heterocycles. The lowest BCUT2D eigenvalue weighted by Gasteiger charge is -2.19. The maximum Gasteiger partial charge on any atom is 0.101 e. The number of aromatic nitrogens is 1. The fraction of sp³-hybridized carbons (Fsp3) is 0.182. The van der Waals surface area contributed by atoms with E-state index in [2.05, 4.69) is 67.4 Å². The molecule has 0 saturated carbocycles. The van der Waals surface area contributed by atoms with E-state index in [1.54, 1.807) is 0 Å². The van der Waals surface area contributed by atoms with Crippen LogP contribution in [0, 0.1) is 13.8 Å². The lowest BCUT2D eigenvalue weighted by molar-refractivity contribution is 0.852. The first-order valence-corrected chi connectivity index (χ1v) is 8.23. The number of benzene rings is 2. The number of hydrogen-bond donors (Lipinski definition) is 0. The van der Waals surface area contributed by atoms with Crippen molar-refractivity contribution in [2.45, 2.75) is 26.8 Å². The summed E-state index contributed by atoms with van der Waals surface area (Å²) >= 11 is 0. The summed E-state index contributed by atoms with van der Waals surface area (Å²) in [6.45, 7) is 6.32. The Morgan fingerprint density at radius 1 is 0.792 bits per heavy atom. The van der Waals surface area contributed by atoms with Crippen molar-refractivity contribution < 1.29 is 0 Å². The van der Waals surface area contributed by atoms with Crippen molar-refractivity contribution in [1.29, 1.82) is 0 Å². The minimum absolute atomic E-state index is 0.0191. The number of aryl methyl sites for hydroxylation is 2. The third-order valence-corrected chi connectivity index (χ3v) is 4.32. The molecule has 120 valence electrons. The van der Waals surface area contributed by atoms with Crippen LogP contribution < -0.4 is 0 Å². The molecular weight excluding hydrogens is 292 g/mol.